The number of nitrogens with zero attached hydrogens (tertiary/aromatic N) is 1. The normalized spacial score (nSPS) is 11.7. The van der Waals surface area contributed by atoms with Crippen LogP contribution in [0.2, 0.25) is 5.02 Å². The fraction of sp³-hybridized carbons (Fsp3) is 0.188. The number of thiocarbonyl (C=S) groups is 1. The summed E-state index contributed by atoms with van der Waals surface area (Å²) in [5.74, 6) is -0.0613. The van der Waals surface area contributed by atoms with Crippen molar-refractivity contribution in [3.63, 3.8) is 0 Å². The van der Waals surface area contributed by atoms with Crippen LogP contribution in [-0.4, -0.2) is 17.3 Å². The van der Waals surface area contributed by atoms with Crippen molar-refractivity contribution in [3.8, 4) is 0 Å². The van der Waals surface area contributed by atoms with Crippen LogP contribution < -0.4 is 9.88 Å². The third-order valence-corrected chi connectivity index (χ3v) is 3.63. The molecule has 2 rings (SSSR count). The van der Waals surface area contributed by atoms with Crippen molar-refractivity contribution < 1.29 is 9.36 Å². The van der Waals surface area contributed by atoms with Crippen LogP contribution in [0.4, 0.5) is 0 Å². The van der Waals surface area contributed by atoms with E-state index in [0.29, 0.717) is 22.1 Å². The highest BCUT2D eigenvalue weighted by atomic mass is 35.5. The average molecular weight is 320 g/mol. The van der Waals surface area contributed by atoms with E-state index in [0.717, 1.165) is 0 Å². The molecule has 108 valence electrons. The summed E-state index contributed by atoms with van der Waals surface area (Å²) in [6, 6.07) is 11.9. The van der Waals surface area contributed by atoms with Crippen LogP contribution in [0.1, 0.15) is 23.3 Å². The lowest BCUT2D eigenvalue weighted by molar-refractivity contribution is -0.692. The third kappa shape index (κ3) is 3.86. The monoisotopic (exact) mass is 319 g/mol. The highest BCUT2D eigenvalue weighted by molar-refractivity contribution is 7.80. The van der Waals surface area contributed by atoms with E-state index in [1.165, 1.54) is 0 Å². The maximum atomic E-state index is 12.8. The van der Waals surface area contributed by atoms with Gasteiger partial charge in [-0.2, -0.15) is 4.57 Å². The Balaban J connectivity index is 2.37. The topological polar surface area (TPSA) is 33.0 Å². The highest BCUT2D eigenvalue weighted by Gasteiger charge is 2.32. The number of carbonyl (C=O) groups excluding carboxylic acids is 1. The molecule has 0 bridgehead atoms. The quantitative estimate of drug-likeness (QED) is 0.522. The van der Waals surface area contributed by atoms with Gasteiger partial charge < -0.3 is 5.32 Å². The summed E-state index contributed by atoms with van der Waals surface area (Å²) in [4.78, 5) is 13.3. The van der Waals surface area contributed by atoms with E-state index in [-0.39, 0.29) is 5.78 Å². The summed E-state index contributed by atoms with van der Waals surface area (Å²) in [5, 5.41) is 3.67. The number of ketones is 1. The molecule has 0 radical (unpaired) electrons. The lowest BCUT2D eigenvalue weighted by Crippen LogP contribution is -2.51. The van der Waals surface area contributed by atoms with E-state index in [1.807, 2.05) is 42.1 Å². The van der Waals surface area contributed by atoms with Crippen molar-refractivity contribution >= 4 is 34.6 Å². The van der Waals surface area contributed by atoms with Crippen molar-refractivity contribution in [2.45, 2.75) is 13.0 Å². The molecule has 0 spiro atoms. The van der Waals surface area contributed by atoms with Crippen LogP contribution >= 0.6 is 23.8 Å². The zero-order valence-electron chi connectivity index (χ0n) is 11.6. The number of rotatable bonds is 5. The molecule has 0 aliphatic rings. The largest absolute Gasteiger partial charge is 0.374 e. The molecule has 0 saturated heterocycles. The minimum Gasteiger partial charge on any atom is -0.374 e. The Hall–Kier alpha value is -1.78. The molecular formula is C16H16ClN2OS+. The maximum Gasteiger partial charge on any atom is 0.270 e. The molecule has 5 heteroatoms. The van der Waals surface area contributed by atoms with E-state index in [2.05, 4.69) is 5.32 Å². The predicted molar refractivity (Wildman–Crippen MR) is 87.7 cm³/mol. The number of carbonyl (C=O) groups is 1. The van der Waals surface area contributed by atoms with E-state index in [1.54, 1.807) is 24.3 Å². The van der Waals surface area contributed by atoms with Crippen molar-refractivity contribution in [2.75, 3.05) is 6.54 Å². The Bertz CT molecular complexity index is 628. The number of hydrogen-bond acceptors (Lipinski definition) is 2. The van der Waals surface area contributed by atoms with Gasteiger partial charge in [0.1, 0.15) is 0 Å². The Morgan fingerprint density at radius 2 is 1.86 bits per heavy atom. The molecule has 0 aliphatic carbocycles. The van der Waals surface area contributed by atoms with Crippen LogP contribution in [0, 0.1) is 0 Å². The van der Waals surface area contributed by atoms with E-state index >= 15 is 0 Å². The van der Waals surface area contributed by atoms with Gasteiger partial charge in [-0.25, -0.2) is 0 Å². The fourth-order valence-electron chi connectivity index (χ4n) is 2.02. The molecule has 1 atom stereocenters. The molecule has 0 amide bonds. The molecule has 1 unspecified atom stereocenters. The summed E-state index contributed by atoms with van der Waals surface area (Å²) in [7, 11) is 0. The van der Waals surface area contributed by atoms with Gasteiger partial charge >= 0.3 is 0 Å². The molecule has 3 nitrogen and oxygen atoms in total. The van der Waals surface area contributed by atoms with Crippen LogP contribution in [0.5, 0.6) is 0 Å². The van der Waals surface area contributed by atoms with Gasteiger partial charge in [-0.3, -0.25) is 4.79 Å². The Kier molecular flexibility index (Phi) is 5.42. The number of aromatic nitrogens is 1. The summed E-state index contributed by atoms with van der Waals surface area (Å²) >= 11 is 11.3. The van der Waals surface area contributed by atoms with Gasteiger partial charge in [0, 0.05) is 29.3 Å². The summed E-state index contributed by atoms with van der Waals surface area (Å²) in [5.41, 5.74) is 0.584. The van der Waals surface area contributed by atoms with Crippen molar-refractivity contribution in [1.82, 2.24) is 5.32 Å². The van der Waals surface area contributed by atoms with Crippen LogP contribution in [-0.2, 0) is 0 Å². The number of Topliss-reactive ketones (excluding diaryl/α,β-unsaturated/α-hetero) is 1. The first-order valence-electron chi connectivity index (χ1n) is 6.66. The molecule has 1 heterocycles. The number of nitrogens with one attached hydrogen (secondary N) is 1. The third-order valence-electron chi connectivity index (χ3n) is 3.01. The van der Waals surface area contributed by atoms with Gasteiger partial charge in [-0.1, -0.05) is 29.9 Å². The van der Waals surface area contributed by atoms with Crippen LogP contribution in [0.15, 0.2) is 54.9 Å². The predicted octanol–water partition coefficient (Wildman–Crippen LogP) is 2.99. The van der Waals surface area contributed by atoms with Gasteiger partial charge in [-0.15, -0.1) is 0 Å². The molecule has 1 aromatic heterocycles. The first-order chi connectivity index (χ1) is 10.1. The second-order valence-corrected chi connectivity index (χ2v) is 5.37. The molecule has 0 fully saturated rings. The zero-order chi connectivity index (χ0) is 15.2. The molecular weight excluding hydrogens is 304 g/mol. The second kappa shape index (κ2) is 7.29. The minimum absolute atomic E-state index is 0.0613. The first kappa shape index (κ1) is 15.6. The van der Waals surface area contributed by atoms with E-state index in [4.69, 9.17) is 23.8 Å². The lowest BCUT2D eigenvalue weighted by atomic mass is 10.0. The van der Waals surface area contributed by atoms with Crippen LogP contribution in [0.25, 0.3) is 0 Å². The molecule has 1 aromatic carbocycles. The number of likely N-dealkylation sites (N-methyl/N-ethyl adjacent to an activating group) is 1. The number of halogens is 1. The van der Waals surface area contributed by atoms with Crippen molar-refractivity contribution in [2.24, 2.45) is 0 Å². The SMILES string of the molecule is CCNC(=S)C(C(=O)c1ccc(Cl)cc1)[n+]1ccccc1. The van der Waals surface area contributed by atoms with Crippen molar-refractivity contribution in [3.05, 3.63) is 65.4 Å². The second-order valence-electron chi connectivity index (χ2n) is 4.49. The Morgan fingerprint density at radius 3 is 2.43 bits per heavy atom. The van der Waals surface area contributed by atoms with Gasteiger partial charge in [0.25, 0.3) is 6.04 Å². The number of pyridine rings is 1. The Labute approximate surface area is 134 Å². The molecule has 21 heavy (non-hydrogen) atoms. The van der Waals surface area contributed by atoms with Crippen LogP contribution in [0.3, 0.4) is 0 Å². The molecule has 1 N–H and O–H groups in total. The highest BCUT2D eigenvalue weighted by Crippen LogP contribution is 2.14. The number of hydrogen-bond donors (Lipinski definition) is 1. The van der Waals surface area contributed by atoms with Crippen molar-refractivity contribution in [1.29, 1.82) is 0 Å². The fourth-order valence-corrected chi connectivity index (χ4v) is 2.52. The minimum atomic E-state index is -0.553. The standard InChI is InChI=1S/C16H15ClN2OS/c1-2-18-16(21)14(19-10-4-3-5-11-19)15(20)12-6-8-13(17)9-7-12/h3-11,14H,2H2,1H3/p+1. The van der Waals surface area contributed by atoms with E-state index < -0.39 is 6.04 Å². The summed E-state index contributed by atoms with van der Waals surface area (Å²) < 4.78 is 1.81. The summed E-state index contributed by atoms with van der Waals surface area (Å²) in [6.45, 7) is 2.63. The zero-order valence-corrected chi connectivity index (χ0v) is 13.2. The average Bonchev–Trinajstić information content (AvgIpc) is 2.49. The number of benzene rings is 1. The van der Waals surface area contributed by atoms with Gasteiger partial charge in [-0.05, 0) is 31.2 Å². The van der Waals surface area contributed by atoms with Gasteiger partial charge in [0.05, 0.1) is 0 Å². The van der Waals surface area contributed by atoms with E-state index in [9.17, 15) is 4.79 Å². The lowest BCUT2D eigenvalue weighted by Gasteiger charge is -2.13. The molecule has 0 saturated carbocycles. The summed E-state index contributed by atoms with van der Waals surface area (Å²) in [6.07, 6.45) is 3.67. The first-order valence-corrected chi connectivity index (χ1v) is 7.45. The molecule has 0 aliphatic heterocycles. The van der Waals surface area contributed by atoms with Gasteiger partial charge in [0.2, 0.25) is 5.78 Å². The maximum absolute atomic E-state index is 12.8. The molecule has 2 aromatic rings. The smallest absolute Gasteiger partial charge is 0.270 e. The van der Waals surface area contributed by atoms with Gasteiger partial charge in [0.15, 0.2) is 17.4 Å². The Morgan fingerprint density at radius 1 is 1.24 bits per heavy atom.